The highest BCUT2D eigenvalue weighted by Crippen LogP contribution is 2.13. The second kappa shape index (κ2) is 13.6. The number of aromatic hydroxyl groups is 1. The third kappa shape index (κ3) is 8.30. The van der Waals surface area contributed by atoms with Crippen LogP contribution in [0.3, 0.4) is 0 Å². The van der Waals surface area contributed by atoms with Gasteiger partial charge >= 0.3 is 5.97 Å². The standard InChI is InChI=1S/C32H30N2O5/c35-28-18-10-17-26(21-28)31(37)34-29(20-24-13-6-2-7-14-24)32(38)39-22-27(19-23-11-4-1-5-12-23)33-30(36)25-15-8-3-9-16-25/h1-18,21,27,29,35H,19-20,22H2,(H,33,36)(H,34,37)/t27-,29+/m0/s1. The van der Waals surface area contributed by atoms with E-state index in [0.29, 0.717) is 12.0 Å². The van der Waals surface area contributed by atoms with Crippen LogP contribution in [0.5, 0.6) is 5.75 Å². The number of hydrogen-bond donors (Lipinski definition) is 3. The van der Waals surface area contributed by atoms with Gasteiger partial charge in [-0.2, -0.15) is 0 Å². The molecule has 0 saturated carbocycles. The van der Waals surface area contributed by atoms with E-state index in [1.54, 1.807) is 36.4 Å². The Hall–Kier alpha value is -4.91. The van der Waals surface area contributed by atoms with Crippen molar-refractivity contribution in [3.8, 4) is 5.75 Å². The Morgan fingerprint density at radius 2 is 1.18 bits per heavy atom. The molecular formula is C32H30N2O5. The number of amides is 2. The molecule has 4 rings (SSSR count). The van der Waals surface area contributed by atoms with Gasteiger partial charge in [0.25, 0.3) is 11.8 Å². The number of benzene rings is 4. The van der Waals surface area contributed by atoms with Gasteiger partial charge < -0.3 is 20.5 Å². The molecule has 0 fully saturated rings. The van der Waals surface area contributed by atoms with E-state index in [2.05, 4.69) is 10.6 Å². The van der Waals surface area contributed by atoms with Crippen molar-refractivity contribution < 1.29 is 24.2 Å². The zero-order valence-electron chi connectivity index (χ0n) is 21.3. The molecule has 0 aliphatic carbocycles. The molecule has 0 saturated heterocycles. The minimum absolute atomic E-state index is 0.0530. The second-order valence-electron chi connectivity index (χ2n) is 9.12. The molecule has 0 aliphatic heterocycles. The minimum Gasteiger partial charge on any atom is -0.508 e. The summed E-state index contributed by atoms with van der Waals surface area (Å²) in [6, 6.07) is 32.1. The number of phenols is 1. The van der Waals surface area contributed by atoms with Crippen molar-refractivity contribution in [2.45, 2.75) is 24.9 Å². The average Bonchev–Trinajstić information content (AvgIpc) is 2.97. The summed E-state index contributed by atoms with van der Waals surface area (Å²) >= 11 is 0. The van der Waals surface area contributed by atoms with Gasteiger partial charge in [-0.25, -0.2) is 4.79 Å². The maximum Gasteiger partial charge on any atom is 0.329 e. The highest BCUT2D eigenvalue weighted by Gasteiger charge is 2.25. The van der Waals surface area contributed by atoms with Crippen LogP contribution in [-0.4, -0.2) is 41.6 Å². The summed E-state index contributed by atoms with van der Waals surface area (Å²) in [4.78, 5) is 39.1. The molecule has 7 heteroatoms. The summed E-state index contributed by atoms with van der Waals surface area (Å²) in [6.07, 6.45) is 0.662. The maximum atomic E-state index is 13.3. The first-order valence-electron chi connectivity index (χ1n) is 12.7. The second-order valence-corrected chi connectivity index (χ2v) is 9.12. The number of rotatable bonds is 11. The van der Waals surface area contributed by atoms with E-state index < -0.39 is 24.0 Å². The highest BCUT2D eigenvalue weighted by atomic mass is 16.5. The van der Waals surface area contributed by atoms with Gasteiger partial charge in [-0.3, -0.25) is 9.59 Å². The number of esters is 1. The van der Waals surface area contributed by atoms with E-state index >= 15 is 0 Å². The zero-order valence-corrected chi connectivity index (χ0v) is 21.3. The summed E-state index contributed by atoms with van der Waals surface area (Å²) < 4.78 is 5.69. The fourth-order valence-electron chi connectivity index (χ4n) is 4.12. The van der Waals surface area contributed by atoms with Crippen molar-refractivity contribution in [2.75, 3.05) is 6.61 Å². The van der Waals surface area contributed by atoms with Crippen LogP contribution in [0.25, 0.3) is 0 Å². The van der Waals surface area contributed by atoms with E-state index in [-0.39, 0.29) is 30.2 Å². The quantitative estimate of drug-likeness (QED) is 0.255. The van der Waals surface area contributed by atoms with Crippen LogP contribution in [0.2, 0.25) is 0 Å². The number of ether oxygens (including phenoxy) is 1. The molecule has 4 aromatic carbocycles. The molecule has 0 unspecified atom stereocenters. The smallest absolute Gasteiger partial charge is 0.329 e. The lowest BCUT2D eigenvalue weighted by molar-refractivity contribution is -0.146. The third-order valence-corrected chi connectivity index (χ3v) is 6.10. The Bertz CT molecular complexity index is 1380. The number of phenolic OH excluding ortho intramolecular Hbond substituents is 1. The van der Waals surface area contributed by atoms with Gasteiger partial charge in [0.15, 0.2) is 0 Å². The predicted octanol–water partition coefficient (Wildman–Crippen LogP) is 4.32. The molecule has 2 atom stereocenters. The van der Waals surface area contributed by atoms with Crippen molar-refractivity contribution in [1.29, 1.82) is 0 Å². The fourth-order valence-corrected chi connectivity index (χ4v) is 4.12. The van der Waals surface area contributed by atoms with Gasteiger partial charge in [0.2, 0.25) is 0 Å². The van der Waals surface area contributed by atoms with Crippen LogP contribution >= 0.6 is 0 Å². The van der Waals surface area contributed by atoms with E-state index in [9.17, 15) is 19.5 Å². The summed E-state index contributed by atoms with van der Waals surface area (Å²) in [6.45, 7) is -0.0837. The predicted molar refractivity (Wildman–Crippen MR) is 148 cm³/mol. The molecule has 2 amide bonds. The first-order valence-corrected chi connectivity index (χ1v) is 12.7. The minimum atomic E-state index is -0.982. The van der Waals surface area contributed by atoms with Crippen molar-refractivity contribution in [1.82, 2.24) is 10.6 Å². The van der Waals surface area contributed by atoms with Crippen molar-refractivity contribution in [2.24, 2.45) is 0 Å². The third-order valence-electron chi connectivity index (χ3n) is 6.10. The Morgan fingerprint density at radius 1 is 0.641 bits per heavy atom. The highest BCUT2D eigenvalue weighted by molar-refractivity contribution is 5.97. The lowest BCUT2D eigenvalue weighted by Crippen LogP contribution is -2.46. The SMILES string of the molecule is O=C(N[C@H](COC(=O)[C@@H](Cc1ccccc1)NC(=O)c1cccc(O)c1)Cc1ccccc1)c1ccccc1. The lowest BCUT2D eigenvalue weighted by Gasteiger charge is -2.22. The first kappa shape index (κ1) is 27.1. The van der Waals surface area contributed by atoms with E-state index in [1.807, 2.05) is 66.7 Å². The van der Waals surface area contributed by atoms with Gasteiger partial charge in [0, 0.05) is 17.5 Å². The number of carbonyl (C=O) groups is 3. The lowest BCUT2D eigenvalue weighted by atomic mass is 10.0. The van der Waals surface area contributed by atoms with Crippen LogP contribution < -0.4 is 10.6 Å². The molecular weight excluding hydrogens is 492 g/mol. The van der Waals surface area contributed by atoms with Crippen LogP contribution in [0.4, 0.5) is 0 Å². The van der Waals surface area contributed by atoms with E-state index in [4.69, 9.17) is 4.74 Å². The Labute approximate surface area is 227 Å². The molecule has 7 nitrogen and oxygen atoms in total. The fraction of sp³-hybridized carbons (Fsp3) is 0.156. The molecule has 0 aromatic heterocycles. The summed E-state index contributed by atoms with van der Waals surface area (Å²) in [5.41, 5.74) is 2.54. The summed E-state index contributed by atoms with van der Waals surface area (Å²) in [7, 11) is 0. The van der Waals surface area contributed by atoms with Gasteiger partial charge in [0.05, 0.1) is 6.04 Å². The molecule has 0 bridgehead atoms. The first-order chi connectivity index (χ1) is 19.0. The molecule has 0 radical (unpaired) electrons. The van der Waals surface area contributed by atoms with Gasteiger partial charge in [-0.05, 0) is 47.9 Å². The molecule has 0 heterocycles. The zero-order chi connectivity index (χ0) is 27.5. The van der Waals surface area contributed by atoms with Crippen molar-refractivity contribution in [3.05, 3.63) is 138 Å². The van der Waals surface area contributed by atoms with E-state index in [0.717, 1.165) is 11.1 Å². The molecule has 4 aromatic rings. The van der Waals surface area contributed by atoms with Gasteiger partial charge in [0.1, 0.15) is 18.4 Å². The summed E-state index contributed by atoms with van der Waals surface area (Å²) in [5.74, 6) is -1.46. The van der Waals surface area contributed by atoms with Crippen LogP contribution in [-0.2, 0) is 22.4 Å². The Morgan fingerprint density at radius 3 is 1.79 bits per heavy atom. The molecule has 0 aliphatic rings. The van der Waals surface area contributed by atoms with Crippen molar-refractivity contribution in [3.63, 3.8) is 0 Å². The monoisotopic (exact) mass is 522 g/mol. The Kier molecular flexibility index (Phi) is 9.45. The maximum absolute atomic E-state index is 13.3. The molecule has 3 N–H and O–H groups in total. The largest absolute Gasteiger partial charge is 0.508 e. The molecule has 39 heavy (non-hydrogen) atoms. The molecule has 0 spiro atoms. The summed E-state index contributed by atoms with van der Waals surface area (Å²) in [5, 5.41) is 15.5. The van der Waals surface area contributed by atoms with Crippen molar-refractivity contribution >= 4 is 17.8 Å². The Balaban J connectivity index is 1.48. The average molecular weight is 523 g/mol. The number of nitrogens with one attached hydrogen (secondary N) is 2. The number of hydrogen-bond acceptors (Lipinski definition) is 5. The topological polar surface area (TPSA) is 105 Å². The van der Waals surface area contributed by atoms with Gasteiger partial charge in [-0.15, -0.1) is 0 Å². The number of carbonyl (C=O) groups excluding carboxylic acids is 3. The normalized spacial score (nSPS) is 12.1. The van der Waals surface area contributed by atoms with E-state index in [1.165, 1.54) is 12.1 Å². The van der Waals surface area contributed by atoms with Crippen LogP contribution in [0.15, 0.2) is 115 Å². The molecule has 198 valence electrons. The van der Waals surface area contributed by atoms with Crippen LogP contribution in [0, 0.1) is 0 Å². The van der Waals surface area contributed by atoms with Gasteiger partial charge in [-0.1, -0.05) is 84.9 Å². The van der Waals surface area contributed by atoms with Crippen LogP contribution in [0.1, 0.15) is 31.8 Å².